The summed E-state index contributed by atoms with van der Waals surface area (Å²) in [5, 5.41) is 0. The topological polar surface area (TPSA) is 159 Å². The molecule has 16 aromatic rings. The molecule has 0 radical (unpaired) electrons. The molecule has 0 spiro atoms. The van der Waals surface area contributed by atoms with Crippen molar-refractivity contribution in [3.05, 3.63) is 342 Å². The fraction of sp³-hybridized carbons (Fsp3) is 0. The Morgan fingerprint density at radius 2 is 0.333 bits per heavy atom. The number of nitrogens with one attached hydrogen (secondary N) is 6. The van der Waals surface area contributed by atoms with Gasteiger partial charge in [-0.25, -0.2) is 24.9 Å². The monoisotopic (exact) mass is 1380 g/mol. The molecular weight excluding hydrogens is 1320 g/mol. The summed E-state index contributed by atoms with van der Waals surface area (Å²) in [5.74, 6) is 0. The molecule has 0 amide bonds. The second kappa shape index (κ2) is 25.6. The lowest BCUT2D eigenvalue weighted by Gasteiger charge is -2.09. The van der Waals surface area contributed by atoms with E-state index in [4.69, 9.17) is 24.9 Å². The number of benzene rings is 7. The third-order valence-corrected chi connectivity index (χ3v) is 21.0. The zero-order valence-electron chi connectivity index (χ0n) is 58.1. The second-order valence-corrected chi connectivity index (χ2v) is 27.6. The van der Waals surface area contributed by atoms with Crippen LogP contribution in [0.3, 0.4) is 0 Å². The average molecular weight is 1380 g/mol. The smallest absolute Gasteiger partial charge is 0.0737 e. The van der Waals surface area contributed by atoms with Crippen LogP contribution in [-0.4, -0.2) is 54.8 Å². The minimum absolute atomic E-state index is 0.833. The van der Waals surface area contributed by atoms with Crippen LogP contribution in [-0.2, 0) is 0 Å². The molecule has 21 rings (SSSR count). The van der Waals surface area contributed by atoms with E-state index in [9.17, 15) is 0 Å². The van der Waals surface area contributed by atoms with E-state index in [1.165, 1.54) is 0 Å². The van der Waals surface area contributed by atoms with Gasteiger partial charge in [-0.2, -0.15) is 0 Å². The highest BCUT2D eigenvalue weighted by molar-refractivity contribution is 6.04. The van der Waals surface area contributed by atoms with Gasteiger partial charge in [0.25, 0.3) is 0 Å². The van der Waals surface area contributed by atoms with Gasteiger partial charge in [0.15, 0.2) is 0 Å². The number of hydrogen-bond acceptors (Lipinski definition) is 5. The third kappa shape index (κ3) is 11.0. The first-order valence-corrected chi connectivity index (χ1v) is 36.4. The molecule has 506 valence electrons. The van der Waals surface area contributed by atoms with Crippen molar-refractivity contribution in [3.8, 4) is 100 Å². The number of rotatable bonds is 9. The van der Waals surface area contributed by atoms with Crippen LogP contribution >= 0.6 is 0 Å². The van der Waals surface area contributed by atoms with E-state index >= 15 is 0 Å². The highest BCUT2D eigenvalue weighted by atomic mass is 14.8. The molecule has 0 unspecified atom stereocenters. The maximum Gasteiger partial charge on any atom is 0.0737 e. The van der Waals surface area contributed by atoms with Crippen LogP contribution in [0.2, 0.25) is 0 Å². The Bertz CT molecular complexity index is 6910. The minimum atomic E-state index is 0.833. The molecule has 108 heavy (non-hydrogen) atoms. The summed E-state index contributed by atoms with van der Waals surface area (Å²) >= 11 is 0. The molecule has 11 heteroatoms. The van der Waals surface area contributed by atoms with Gasteiger partial charge < -0.3 is 29.9 Å². The van der Waals surface area contributed by atoms with Crippen molar-refractivity contribution in [2.45, 2.75) is 0 Å². The lowest BCUT2D eigenvalue weighted by Crippen LogP contribution is -1.90. The van der Waals surface area contributed by atoms with Crippen LogP contribution in [0.15, 0.2) is 285 Å². The van der Waals surface area contributed by atoms with Gasteiger partial charge in [0, 0.05) is 116 Å². The Morgan fingerprint density at radius 3 is 0.583 bits per heavy atom. The van der Waals surface area contributed by atoms with Gasteiger partial charge in [-0.05, 0) is 196 Å². The molecule has 0 saturated heterocycles. The van der Waals surface area contributed by atoms with Crippen LogP contribution < -0.4 is 0 Å². The maximum atomic E-state index is 5.59. The highest BCUT2D eigenvalue weighted by Gasteiger charge is 2.23. The van der Waals surface area contributed by atoms with Crippen molar-refractivity contribution in [2.24, 2.45) is 0 Å². The number of aromatic nitrogens is 11. The van der Waals surface area contributed by atoms with Crippen molar-refractivity contribution in [3.63, 3.8) is 0 Å². The van der Waals surface area contributed by atoms with Crippen LogP contribution in [0.1, 0.15) is 56.9 Å². The lowest BCUT2D eigenvalue weighted by molar-refractivity contribution is 1.31. The van der Waals surface area contributed by atoms with Gasteiger partial charge in [0.1, 0.15) is 0 Å². The van der Waals surface area contributed by atoms with E-state index in [-0.39, 0.29) is 0 Å². The zero-order chi connectivity index (χ0) is 71.2. The molecule has 0 saturated carbocycles. The number of fused-ring (bicyclic) bond motifs is 22. The Labute approximate surface area is 620 Å². The molecule has 6 N–H and O–H groups in total. The summed E-state index contributed by atoms with van der Waals surface area (Å²) in [6.45, 7) is 0. The lowest BCUT2D eigenvalue weighted by atomic mass is 9.98. The third-order valence-electron chi connectivity index (χ3n) is 21.0. The summed E-state index contributed by atoms with van der Waals surface area (Å²) < 4.78 is 0. The van der Waals surface area contributed by atoms with Crippen molar-refractivity contribution in [1.82, 2.24) is 54.8 Å². The van der Waals surface area contributed by atoms with Gasteiger partial charge in [0.2, 0.25) is 0 Å². The molecule has 14 heterocycles. The van der Waals surface area contributed by atoms with Crippen LogP contribution in [0.25, 0.3) is 227 Å². The Balaban J connectivity index is 0.753. The largest absolute Gasteiger partial charge is 0.355 e. The Hall–Kier alpha value is -14.8. The highest BCUT2D eigenvalue weighted by Crippen LogP contribution is 2.43. The number of hydrogen-bond donors (Lipinski definition) is 6. The number of nitrogens with zero attached hydrogens (tertiary/aromatic N) is 5. The number of H-pyrrole nitrogens is 6. The molecule has 7 aromatic carbocycles. The van der Waals surface area contributed by atoms with E-state index in [2.05, 4.69) is 376 Å². The molecule has 5 aliphatic rings. The first-order chi connectivity index (χ1) is 53.4. The predicted octanol–water partition coefficient (Wildman–Crippen LogP) is 24.6. The quantitative estimate of drug-likeness (QED) is 0.0848. The summed E-state index contributed by atoms with van der Waals surface area (Å²) in [4.78, 5) is 50.5. The Kier molecular flexibility index (Phi) is 14.6. The van der Waals surface area contributed by atoms with E-state index in [0.717, 1.165) is 223 Å². The summed E-state index contributed by atoms with van der Waals surface area (Å²) in [7, 11) is 0. The molecule has 0 fully saturated rings. The van der Waals surface area contributed by atoms with Gasteiger partial charge in [-0.15, -0.1) is 0 Å². The molecule has 22 bridgehead atoms. The van der Waals surface area contributed by atoms with Gasteiger partial charge in [-0.3, -0.25) is 0 Å². The first-order valence-electron chi connectivity index (χ1n) is 36.4. The van der Waals surface area contributed by atoms with E-state index in [0.29, 0.717) is 0 Å². The summed E-state index contributed by atoms with van der Waals surface area (Å²) in [6.07, 6.45) is 21.3. The first kappa shape index (κ1) is 61.8. The van der Waals surface area contributed by atoms with Crippen LogP contribution in [0.4, 0.5) is 0 Å². The normalized spacial score (nSPS) is 12.4. The minimum Gasteiger partial charge on any atom is -0.355 e. The fourth-order valence-corrected chi connectivity index (χ4v) is 16.1. The van der Waals surface area contributed by atoms with Crippen molar-refractivity contribution in [2.75, 3.05) is 0 Å². The summed E-state index contributed by atoms with van der Waals surface area (Å²) in [5.41, 5.74) is 38.1. The molecular formula is C97H63N11. The van der Waals surface area contributed by atoms with Gasteiger partial charge in [-0.1, -0.05) is 200 Å². The Morgan fingerprint density at radius 1 is 0.148 bits per heavy atom. The van der Waals surface area contributed by atoms with Gasteiger partial charge in [0.05, 0.1) is 56.9 Å². The van der Waals surface area contributed by atoms with Crippen LogP contribution in [0, 0.1) is 0 Å². The average Bonchev–Trinajstić information content (AvgIpc) is 1.61. The van der Waals surface area contributed by atoms with E-state index in [1.807, 2.05) is 0 Å². The second-order valence-electron chi connectivity index (χ2n) is 27.6. The molecule has 0 atom stereocenters. The fourth-order valence-electron chi connectivity index (χ4n) is 16.1. The maximum absolute atomic E-state index is 5.59. The molecule has 0 aliphatic carbocycles. The predicted molar refractivity (Wildman–Crippen MR) is 448 cm³/mol. The standard InChI is InChI=1S/C97H63N11/c1-6-16-58(17-7-1)89-71-38-34-67(98-71)56-68-35-39-72(99-68)90(59-18-8-2-9-19-59)76-43-49-82(103-76)94(81-48-42-75(89)102-81)63-26-30-65(31-27-63)96-85-52-46-79(106-85)93(62-24-14-5-15-25-62)80-47-53-86(107-80)97(88-55-54-87(96)108-88)66-32-28-64(29-33-66)95-83-50-44-77(104-83)91(60-20-10-3-11-21-60)73-40-36-69(100-73)57-70-37-41-74(101-70)92(61-22-12-4-13-23-61)78-45-51-84(95)105-78/h1-57,98,100,103,105-106,108H. The van der Waals surface area contributed by atoms with Crippen molar-refractivity contribution < 1.29 is 0 Å². The molecule has 9 aromatic heterocycles. The van der Waals surface area contributed by atoms with Crippen LogP contribution in [0.5, 0.6) is 0 Å². The van der Waals surface area contributed by atoms with Crippen molar-refractivity contribution >= 4 is 127 Å². The van der Waals surface area contributed by atoms with Gasteiger partial charge >= 0.3 is 0 Å². The molecule has 5 aliphatic heterocycles. The number of aromatic amines is 6. The van der Waals surface area contributed by atoms with Crippen molar-refractivity contribution in [1.29, 1.82) is 0 Å². The zero-order valence-corrected chi connectivity index (χ0v) is 58.1. The van der Waals surface area contributed by atoms with E-state index in [1.54, 1.807) is 0 Å². The molecule has 11 nitrogen and oxygen atoms in total. The SMILES string of the molecule is C1=Cc2nc1cc1ccc([nH]1)c(-c1ccccc1)c1nc(c(-c3ccc(-c4c5nc(c(-c6ccccc6)c6ccc([nH]6)c(-c6ccc(-c7c8nc(c(-c9ccccc9)c9ccc(cc%10nc(c(-c%11ccccc%11)c%11ccc7[nH]%11)C=C%10)[nH]9)C=C8)cc6)c6ccc4[nH]6)C=C5)cc3)c3ccc([nH]3)c2-c2ccccc2)C=C1. The van der Waals surface area contributed by atoms with E-state index < -0.39 is 0 Å². The summed E-state index contributed by atoms with van der Waals surface area (Å²) in [6, 6.07) is 101.